The Bertz CT molecular complexity index is 1300. The molecule has 2 spiro atoms. The fourth-order valence-electron chi connectivity index (χ4n) is 10.3. The van der Waals surface area contributed by atoms with E-state index < -0.39 is 17.6 Å². The molecule has 0 saturated carbocycles. The van der Waals surface area contributed by atoms with Crippen molar-refractivity contribution < 1.29 is 44.9 Å². The fourth-order valence-corrected chi connectivity index (χ4v) is 10.3. The Morgan fingerprint density at radius 1 is 0.930 bits per heavy atom. The van der Waals surface area contributed by atoms with Crippen LogP contribution in [-0.4, -0.2) is 107 Å². The highest BCUT2D eigenvalue weighted by molar-refractivity contribution is 5.82. The second-order valence-corrected chi connectivity index (χ2v) is 18.1. The summed E-state index contributed by atoms with van der Waals surface area (Å²) in [4.78, 5) is 28.6. The smallest absolute Gasteiger partial charge is 0.350 e. The van der Waals surface area contributed by atoms with Crippen LogP contribution in [0.15, 0.2) is 12.2 Å². The van der Waals surface area contributed by atoms with E-state index in [2.05, 4.69) is 52.7 Å². The molecular weight excluding hydrogens is 721 g/mol. The highest BCUT2D eigenvalue weighted by Crippen LogP contribution is 2.45. The summed E-state index contributed by atoms with van der Waals surface area (Å²) in [5.74, 6) is 0.710. The van der Waals surface area contributed by atoms with Crippen LogP contribution in [-0.2, 0) is 23.8 Å². The number of unbranched alkanes of at least 4 members (excludes halogenated alkanes) is 12. The van der Waals surface area contributed by atoms with Gasteiger partial charge in [-0.15, -0.1) is 0 Å². The molecule has 1 amide bonds. The average molecular weight is 804 g/mol. The number of nitrogens with zero attached hydrogens (tertiary/aromatic N) is 2. The lowest BCUT2D eigenvalue weighted by molar-refractivity contribution is -0.609. The SMILES string of the molecule is CC[C@H]1C=CCC[C@@]2(C[C@@H]3CC[C@H]4[C@H](C(=O)OCCCCCCCCCCCCCCCC(=O)N(CCC[NH3+])C[C@@H](O)CC[NH3+])[C@@]5(CCC[C@@H](C)O5)NC(=[N+]34)N2)O1. The topological polar surface area (TPSA) is 168 Å². The summed E-state index contributed by atoms with van der Waals surface area (Å²) in [6.07, 6.45) is 30.3. The summed E-state index contributed by atoms with van der Waals surface area (Å²) < 4.78 is 22.2. The molecule has 326 valence electrons. The molecule has 5 heterocycles. The van der Waals surface area contributed by atoms with Gasteiger partial charge in [0.15, 0.2) is 11.6 Å². The molecule has 0 aromatic heterocycles. The third-order valence-electron chi connectivity index (χ3n) is 13.4. The van der Waals surface area contributed by atoms with Gasteiger partial charge in [-0.1, -0.05) is 89.7 Å². The number of quaternary nitrogens is 2. The number of esters is 1. The van der Waals surface area contributed by atoms with Crippen molar-refractivity contribution in [3.63, 3.8) is 0 Å². The number of nitrogens with one attached hydrogen (secondary N) is 2. The number of hydrogen-bond acceptors (Lipinski definition) is 8. The van der Waals surface area contributed by atoms with Gasteiger partial charge >= 0.3 is 11.9 Å². The number of carbonyl (C=O) groups is 2. The lowest BCUT2D eigenvalue weighted by Gasteiger charge is -2.50. The summed E-state index contributed by atoms with van der Waals surface area (Å²) >= 11 is 0. The van der Waals surface area contributed by atoms with Gasteiger partial charge in [0.1, 0.15) is 0 Å². The number of guanidine groups is 1. The maximum Gasteiger partial charge on any atom is 0.350 e. The van der Waals surface area contributed by atoms with Crippen LogP contribution in [0.2, 0.25) is 0 Å². The predicted molar refractivity (Wildman–Crippen MR) is 223 cm³/mol. The van der Waals surface area contributed by atoms with Crippen LogP contribution in [0.5, 0.6) is 0 Å². The Hall–Kier alpha value is -2.25. The molecule has 5 aliphatic heterocycles. The highest BCUT2D eigenvalue weighted by Gasteiger charge is 2.64. The lowest BCUT2D eigenvalue weighted by atomic mass is 9.80. The molecule has 9 N–H and O–H groups in total. The van der Waals surface area contributed by atoms with Crippen molar-refractivity contribution >= 4 is 17.8 Å². The fraction of sp³-hybridized carbons (Fsp3) is 0.889. The van der Waals surface area contributed by atoms with Crippen molar-refractivity contribution in [1.29, 1.82) is 0 Å². The van der Waals surface area contributed by atoms with Crippen LogP contribution >= 0.6 is 0 Å². The quantitative estimate of drug-likeness (QED) is 0.0384. The van der Waals surface area contributed by atoms with E-state index in [4.69, 9.17) is 14.2 Å². The zero-order valence-corrected chi connectivity index (χ0v) is 36.1. The monoisotopic (exact) mass is 804 g/mol. The molecule has 0 aromatic rings. The van der Waals surface area contributed by atoms with E-state index >= 15 is 0 Å². The Balaban J connectivity index is 0.941. The van der Waals surface area contributed by atoms with Crippen molar-refractivity contribution in [2.75, 3.05) is 32.8 Å². The van der Waals surface area contributed by atoms with Gasteiger partial charge in [-0.25, -0.2) is 10.6 Å². The number of ether oxygens (including phenoxy) is 3. The van der Waals surface area contributed by atoms with Gasteiger partial charge in [-0.05, 0) is 58.3 Å². The van der Waals surface area contributed by atoms with Crippen molar-refractivity contribution in [2.24, 2.45) is 5.92 Å². The second kappa shape index (κ2) is 23.5. The first-order valence-electron chi connectivity index (χ1n) is 23.7. The Labute approximate surface area is 344 Å². The van der Waals surface area contributed by atoms with Gasteiger partial charge in [0.25, 0.3) is 0 Å². The normalized spacial score (nSPS) is 29.8. The third kappa shape index (κ3) is 13.1. The van der Waals surface area contributed by atoms with Crippen molar-refractivity contribution in [2.45, 2.75) is 216 Å². The largest absolute Gasteiger partial charge is 0.465 e. The van der Waals surface area contributed by atoms with Gasteiger partial charge in [-0.3, -0.25) is 14.2 Å². The summed E-state index contributed by atoms with van der Waals surface area (Å²) in [5.41, 5.74) is 6.55. The van der Waals surface area contributed by atoms with E-state index in [1.54, 1.807) is 0 Å². The first kappa shape index (κ1) is 45.8. The molecule has 0 unspecified atom stereocenters. The van der Waals surface area contributed by atoms with E-state index in [1.165, 1.54) is 57.8 Å². The lowest BCUT2D eigenvalue weighted by Crippen LogP contribution is -2.76. The number of amides is 1. The standard InChI is InChI=1S/C45H80N6O6/c1-3-38-22-16-17-27-44(57-38)33-36-24-25-39-41(45(28-19-21-35(2)56-45)49-43(48-44)51(36)39)42(54)55-32-18-14-12-10-8-6-4-5-7-9-11-13-15-23-40(53)50(31-20-29-46)34-37(52)26-30-47/h16,22,35-39,41,52H,3-15,17-21,23-34,46-47H2,1-2H3,(H,48,49)/p+3/t35-,36+,37+,38+,39+,41-,44+,45+/m1/s1. The molecule has 2 fully saturated rings. The molecule has 0 aromatic carbocycles. The van der Waals surface area contributed by atoms with Crippen LogP contribution in [0, 0.1) is 5.92 Å². The summed E-state index contributed by atoms with van der Waals surface area (Å²) in [7, 11) is 0. The van der Waals surface area contributed by atoms with Crippen LogP contribution in [0.4, 0.5) is 0 Å². The minimum absolute atomic E-state index is 0.0650. The summed E-state index contributed by atoms with van der Waals surface area (Å²) in [5, 5.41) is 17.8. The molecule has 0 aliphatic carbocycles. The first-order chi connectivity index (χ1) is 27.7. The van der Waals surface area contributed by atoms with Crippen molar-refractivity contribution in [3.05, 3.63) is 12.2 Å². The number of aliphatic hydroxyl groups is 1. The van der Waals surface area contributed by atoms with E-state index in [1.807, 2.05) is 4.90 Å². The maximum absolute atomic E-state index is 14.1. The van der Waals surface area contributed by atoms with Gasteiger partial charge in [-0.2, -0.15) is 0 Å². The molecule has 57 heavy (non-hydrogen) atoms. The Kier molecular flexibility index (Phi) is 18.9. The molecule has 0 radical (unpaired) electrons. The van der Waals surface area contributed by atoms with Crippen LogP contribution in [0.25, 0.3) is 0 Å². The van der Waals surface area contributed by atoms with Crippen LogP contribution < -0.4 is 22.1 Å². The summed E-state index contributed by atoms with van der Waals surface area (Å²) in [6, 6.07) is 0.396. The molecule has 12 nitrogen and oxygen atoms in total. The Morgan fingerprint density at radius 2 is 1.63 bits per heavy atom. The molecule has 8 atom stereocenters. The minimum Gasteiger partial charge on any atom is -0.465 e. The van der Waals surface area contributed by atoms with Gasteiger partial charge in [0.05, 0.1) is 50.1 Å². The third-order valence-corrected chi connectivity index (χ3v) is 13.4. The molecule has 12 heteroatoms. The molecular formula is C45H83N6O6+3. The zero-order valence-electron chi connectivity index (χ0n) is 36.1. The van der Waals surface area contributed by atoms with E-state index in [0.717, 1.165) is 102 Å². The van der Waals surface area contributed by atoms with E-state index in [-0.39, 0.29) is 36.0 Å². The first-order valence-corrected chi connectivity index (χ1v) is 23.7. The zero-order chi connectivity index (χ0) is 40.5. The van der Waals surface area contributed by atoms with Gasteiger partial charge in [0, 0.05) is 51.6 Å². The van der Waals surface area contributed by atoms with Crippen LogP contribution in [0.1, 0.15) is 174 Å². The predicted octanol–water partition coefficient (Wildman–Crippen LogP) is 4.68. The molecule has 0 bridgehead atoms. The van der Waals surface area contributed by atoms with E-state index in [0.29, 0.717) is 45.1 Å². The summed E-state index contributed by atoms with van der Waals surface area (Å²) in [6.45, 7) is 7.41. The number of carbonyl (C=O) groups excluding carboxylic acids is 2. The van der Waals surface area contributed by atoms with Gasteiger partial charge in [0.2, 0.25) is 11.6 Å². The molecule has 5 aliphatic rings. The average Bonchev–Trinajstić information content (AvgIpc) is 3.49. The second-order valence-electron chi connectivity index (χ2n) is 18.1. The number of aliphatic hydroxyl groups excluding tert-OH is 1. The number of allylic oxidation sites excluding steroid dienone is 1. The van der Waals surface area contributed by atoms with Crippen molar-refractivity contribution in [3.8, 4) is 0 Å². The Morgan fingerprint density at radius 3 is 2.30 bits per heavy atom. The highest BCUT2D eigenvalue weighted by atomic mass is 16.6. The van der Waals surface area contributed by atoms with Crippen molar-refractivity contribution in [1.82, 2.24) is 15.5 Å². The maximum atomic E-state index is 14.1. The number of rotatable bonds is 25. The van der Waals surface area contributed by atoms with Crippen LogP contribution in [0.3, 0.4) is 0 Å². The minimum atomic E-state index is -0.758. The number of hydrogen-bond donors (Lipinski definition) is 5. The van der Waals surface area contributed by atoms with E-state index in [9.17, 15) is 14.7 Å². The molecule has 2 saturated heterocycles. The molecule has 5 rings (SSSR count). The van der Waals surface area contributed by atoms with Gasteiger partial charge < -0.3 is 35.7 Å².